The molecule has 0 unspecified atom stereocenters. The van der Waals surface area contributed by atoms with E-state index in [0.717, 1.165) is 0 Å². The van der Waals surface area contributed by atoms with Crippen LogP contribution in [0.1, 0.15) is 31.1 Å². The Morgan fingerprint density at radius 1 is 0.368 bits per heavy atom. The number of ether oxygens (including phenoxy) is 3. The molecule has 7 aromatic rings. The molecule has 57 heavy (non-hydrogen) atoms. The van der Waals surface area contributed by atoms with Gasteiger partial charge in [0.1, 0.15) is 17.2 Å². The van der Waals surface area contributed by atoms with Crippen LogP contribution in [-0.4, -0.2) is 32.9 Å². The quantitative estimate of drug-likeness (QED) is 0.0616. The molecule has 0 saturated carbocycles. The Morgan fingerprint density at radius 2 is 0.596 bits per heavy atom. The predicted octanol–water partition coefficient (Wildman–Crippen LogP) is 8.15. The number of nitrogens with one attached hydrogen (secondary N) is 3. The van der Waals surface area contributed by atoms with Gasteiger partial charge in [0.25, 0.3) is 0 Å². The Labute approximate surface area is 403 Å². The van der Waals surface area contributed by atoms with E-state index in [1.54, 1.807) is 146 Å². The van der Waals surface area contributed by atoms with Gasteiger partial charge in [0.2, 0.25) is 17.8 Å². The van der Waals surface area contributed by atoms with Crippen LogP contribution < -0.4 is 30.2 Å². The Kier molecular flexibility index (Phi) is 17.8. The first-order chi connectivity index (χ1) is 26.4. The molecule has 3 radical (unpaired) electrons. The largest absolute Gasteiger partial charge is 0.424 e. The maximum Gasteiger partial charge on any atom is 0.318 e. The van der Waals surface area contributed by atoms with Crippen molar-refractivity contribution in [2.75, 3.05) is 16.0 Å². The predicted molar refractivity (Wildman–Crippen MR) is 200 cm³/mol. The zero-order valence-corrected chi connectivity index (χ0v) is 38.4. The average Bonchev–Trinajstić information content (AvgIpc) is 3.21. The maximum atomic E-state index is 12.5. The Balaban J connectivity index is 0.00000240. The molecule has 15 heteroatoms. The molecule has 0 spiro atoms. The summed E-state index contributed by atoms with van der Waals surface area (Å²) >= 11 is 0. The van der Waals surface area contributed by atoms with Crippen LogP contribution >= 0.6 is 0 Å². The molecule has 1 aromatic heterocycles. The van der Waals surface area contributed by atoms with E-state index in [2.05, 4.69) is 49.1 Å². The molecular weight excluding hydrogens is 951 g/mol. The van der Waals surface area contributed by atoms with Gasteiger partial charge in [-0.15, -0.1) is 0 Å². The Morgan fingerprint density at radius 3 is 0.825 bits per heavy atom. The van der Waals surface area contributed by atoms with Crippen LogP contribution in [0.15, 0.2) is 146 Å². The van der Waals surface area contributed by atoms with Crippen molar-refractivity contribution in [2.24, 2.45) is 0 Å². The SMILES string of the molecule is O=C(Oc1ccc(Nc2nc(Nc3ccc(OC(=O)c4cc[c-]cc4)cc3)nc(Nc3ccc(OC(=O)c4cc[c-]cc4)cc3)n2)cc1)c1cc[c-]cc1.[Y].[Y].[Y]. The van der Waals surface area contributed by atoms with Crippen molar-refractivity contribution in [3.63, 3.8) is 0 Å². The fourth-order valence-corrected chi connectivity index (χ4v) is 4.82. The molecule has 0 aliphatic heterocycles. The van der Waals surface area contributed by atoms with Gasteiger partial charge in [0, 0.05) is 115 Å². The summed E-state index contributed by atoms with van der Waals surface area (Å²) in [6, 6.07) is 48.3. The fraction of sp³-hybridized carbons (Fsp3) is 0. The van der Waals surface area contributed by atoms with E-state index in [1.165, 1.54) is 0 Å². The van der Waals surface area contributed by atoms with Crippen LogP contribution in [0.4, 0.5) is 34.9 Å². The average molecular weight is 978 g/mol. The summed E-state index contributed by atoms with van der Waals surface area (Å²) in [4.78, 5) is 51.1. The molecule has 1 heterocycles. The van der Waals surface area contributed by atoms with E-state index < -0.39 is 17.9 Å². The monoisotopic (exact) mass is 978 g/mol. The fourth-order valence-electron chi connectivity index (χ4n) is 4.82. The van der Waals surface area contributed by atoms with Crippen molar-refractivity contribution < 1.29 is 127 Å². The molecule has 0 bridgehead atoms. The zero-order valence-electron chi connectivity index (χ0n) is 29.9. The second-order valence-corrected chi connectivity index (χ2v) is 11.3. The van der Waals surface area contributed by atoms with Crippen molar-refractivity contribution in [1.29, 1.82) is 0 Å². The number of hydrogen-bond donors (Lipinski definition) is 3. The molecule has 0 aliphatic rings. The first-order valence-electron chi connectivity index (χ1n) is 16.4. The van der Waals surface area contributed by atoms with Crippen molar-refractivity contribution >= 4 is 52.8 Å². The summed E-state index contributed by atoms with van der Waals surface area (Å²) in [6.07, 6.45) is 0. The summed E-state index contributed by atoms with van der Waals surface area (Å²) in [5, 5.41) is 9.46. The summed E-state index contributed by atoms with van der Waals surface area (Å²) in [7, 11) is 0. The zero-order chi connectivity index (χ0) is 37.1. The van der Waals surface area contributed by atoms with Gasteiger partial charge in [-0.2, -0.15) is 106 Å². The van der Waals surface area contributed by atoms with E-state index in [4.69, 9.17) is 14.2 Å². The number of anilines is 6. The van der Waals surface area contributed by atoms with Crippen LogP contribution in [0.25, 0.3) is 0 Å². The molecule has 3 N–H and O–H groups in total. The molecule has 12 nitrogen and oxygen atoms in total. The van der Waals surface area contributed by atoms with Crippen molar-refractivity contribution in [2.45, 2.75) is 0 Å². The van der Waals surface area contributed by atoms with Gasteiger partial charge < -0.3 is 30.2 Å². The van der Waals surface area contributed by atoms with Crippen LogP contribution in [0.5, 0.6) is 17.2 Å². The first kappa shape index (κ1) is 45.2. The number of benzene rings is 6. The third kappa shape index (κ3) is 13.2. The number of nitrogens with zero attached hydrogens (tertiary/aromatic N) is 3. The van der Waals surface area contributed by atoms with Crippen molar-refractivity contribution in [3.8, 4) is 17.2 Å². The molecule has 0 aliphatic carbocycles. The van der Waals surface area contributed by atoms with Gasteiger partial charge in [-0.05, 0) is 89.5 Å². The number of rotatable bonds is 12. The molecular formula is C42H27N6O6Y3-3. The third-order valence-corrected chi connectivity index (χ3v) is 7.46. The minimum Gasteiger partial charge on any atom is -0.424 e. The van der Waals surface area contributed by atoms with Gasteiger partial charge in [0.15, 0.2) is 0 Å². The van der Waals surface area contributed by atoms with Gasteiger partial charge >= 0.3 is 17.9 Å². The van der Waals surface area contributed by atoms with Crippen LogP contribution in [0.2, 0.25) is 0 Å². The summed E-state index contributed by atoms with van der Waals surface area (Å²) in [5.74, 6) is 0.164. The van der Waals surface area contributed by atoms with Crippen molar-refractivity contribution in [3.05, 3.63) is 180 Å². The van der Waals surface area contributed by atoms with E-state index in [0.29, 0.717) is 51.0 Å². The molecule has 0 fully saturated rings. The van der Waals surface area contributed by atoms with E-state index in [1.807, 2.05) is 0 Å². The molecule has 7 rings (SSSR count). The van der Waals surface area contributed by atoms with Crippen LogP contribution in [0, 0.1) is 18.2 Å². The smallest absolute Gasteiger partial charge is 0.318 e. The van der Waals surface area contributed by atoms with E-state index >= 15 is 0 Å². The standard InChI is InChI=1S/C42H27N6O6.3Y/c49-37(28-10-4-1-5-11-28)52-34-22-16-31(17-23-34)43-40-46-41(44-32-18-24-35(25-19-32)53-38(50)29-12-6-2-7-13-29)48-42(47-40)45-33-20-26-36(27-21-33)54-39(51)30-14-8-3-9-15-30;;;/h4-27H,(H3,43,44,45,46,47,48);;;/q-3;;;. The minimum absolute atomic E-state index is 0. The molecule has 0 saturated heterocycles. The minimum atomic E-state index is -0.490. The number of carbonyl (C=O) groups is 3. The summed E-state index contributed by atoms with van der Waals surface area (Å²) in [5.41, 5.74) is 3.05. The second-order valence-electron chi connectivity index (χ2n) is 11.3. The summed E-state index contributed by atoms with van der Waals surface area (Å²) < 4.78 is 16.4. The van der Waals surface area contributed by atoms with Gasteiger partial charge in [-0.1, -0.05) is 0 Å². The molecule has 273 valence electrons. The van der Waals surface area contributed by atoms with E-state index in [-0.39, 0.29) is 116 Å². The first-order valence-corrected chi connectivity index (χ1v) is 16.4. The third-order valence-electron chi connectivity index (χ3n) is 7.46. The van der Waals surface area contributed by atoms with E-state index in [9.17, 15) is 14.4 Å². The number of carbonyl (C=O) groups excluding carboxylic acids is 3. The van der Waals surface area contributed by atoms with Gasteiger partial charge in [-0.25, -0.2) is 14.4 Å². The summed E-state index contributed by atoms with van der Waals surface area (Å²) in [6.45, 7) is 0. The van der Waals surface area contributed by atoms with Gasteiger partial charge in [-0.3, -0.25) is 0 Å². The number of esters is 3. The van der Waals surface area contributed by atoms with Crippen molar-refractivity contribution in [1.82, 2.24) is 15.0 Å². The molecule has 6 aromatic carbocycles. The topological polar surface area (TPSA) is 154 Å². The number of hydrogen-bond acceptors (Lipinski definition) is 12. The molecule has 0 atom stereocenters. The Bertz CT molecular complexity index is 2100. The Hall–Kier alpha value is -4.55. The number of aromatic nitrogens is 3. The molecule has 0 amide bonds. The second kappa shape index (κ2) is 22.4. The maximum absolute atomic E-state index is 12.5. The van der Waals surface area contributed by atoms with Crippen LogP contribution in [-0.2, 0) is 98.1 Å². The normalized spacial score (nSPS) is 9.89. The van der Waals surface area contributed by atoms with Crippen LogP contribution in [0.3, 0.4) is 0 Å². The van der Waals surface area contributed by atoms with Gasteiger partial charge in [0.05, 0.1) is 0 Å².